The van der Waals surface area contributed by atoms with Crippen molar-refractivity contribution in [2.45, 2.75) is 0 Å². The van der Waals surface area contributed by atoms with Crippen molar-refractivity contribution in [1.29, 1.82) is 0 Å². The Bertz CT molecular complexity index is 37.9. The molecule has 5 nitrogen and oxygen atoms in total. The number of carboxylic acid groups (broad SMARTS) is 2. The Morgan fingerprint density at radius 3 is 1.00 bits per heavy atom. The molecule has 0 aromatic carbocycles. The third kappa shape index (κ3) is 175. The Morgan fingerprint density at radius 1 is 1.00 bits per heavy atom. The molecule has 0 aliphatic rings. The zero-order valence-electron chi connectivity index (χ0n) is 5.33. The molecular formula is CH2Li2O5Sr. The van der Waals surface area contributed by atoms with Gasteiger partial charge in [-0.15, -0.1) is 0 Å². The van der Waals surface area contributed by atoms with Crippen LogP contribution in [0.15, 0.2) is 0 Å². The number of hydrogen-bond donors (Lipinski definition) is 0. The van der Waals surface area contributed by atoms with Gasteiger partial charge in [-0.25, -0.2) is 0 Å². The van der Waals surface area contributed by atoms with E-state index in [4.69, 9.17) is 15.0 Å². The first kappa shape index (κ1) is 44.7. The summed E-state index contributed by atoms with van der Waals surface area (Å²) in [6.45, 7) is 0. The maximum absolute atomic E-state index is 8.33. The normalized spacial score (nSPS) is 2.67. The van der Waals surface area contributed by atoms with Crippen LogP contribution >= 0.6 is 0 Å². The molecule has 0 saturated carbocycles. The van der Waals surface area contributed by atoms with Gasteiger partial charge < -0.3 is 26.0 Å². The summed E-state index contributed by atoms with van der Waals surface area (Å²) in [5.74, 6) is 0. The third-order valence-electron chi connectivity index (χ3n) is 0. The number of rotatable bonds is 0. The molecule has 0 heterocycles. The van der Waals surface area contributed by atoms with Crippen LogP contribution in [0.25, 0.3) is 0 Å². The van der Waals surface area contributed by atoms with Crippen LogP contribution in [0.2, 0.25) is 0 Å². The molecule has 0 aliphatic heterocycles. The van der Waals surface area contributed by atoms with Crippen molar-refractivity contribution in [2.24, 2.45) is 0 Å². The average molecular weight is 196 g/mol. The van der Waals surface area contributed by atoms with Crippen LogP contribution in [-0.2, 0) is 0 Å². The van der Waals surface area contributed by atoms with E-state index in [1.165, 1.54) is 0 Å². The van der Waals surface area contributed by atoms with Gasteiger partial charge in [0, 0.05) is 0 Å². The average Bonchev–Trinajstić information content (AvgIpc) is 0.811. The Hall–Kier alpha value is 1.87. The summed E-state index contributed by atoms with van der Waals surface area (Å²) in [5.41, 5.74) is 0. The smallest absolute Gasteiger partial charge is 0.870 e. The molecule has 2 N–H and O–H groups in total. The van der Waals surface area contributed by atoms with E-state index >= 15 is 0 Å². The summed E-state index contributed by atoms with van der Waals surface area (Å²) >= 11 is 0. The fourth-order valence-electron chi connectivity index (χ4n) is 0. The zero-order valence-corrected chi connectivity index (χ0v) is 8.80. The van der Waals surface area contributed by atoms with Crippen LogP contribution in [0.3, 0.4) is 0 Å². The standard InChI is InChI=1S/CH2O3.2Li.2H2O.Sr/c2-1(3)4;;;;;/h(H2,2,3,4);;;2*1H2;/q;2*+1;;;+2/p-4. The monoisotopic (exact) mass is 196 g/mol. The minimum Gasteiger partial charge on any atom is -0.870 e. The quantitative estimate of drug-likeness (QED) is 0.355. The van der Waals surface area contributed by atoms with Gasteiger partial charge in [0.1, 0.15) is 0 Å². The molecule has 0 aliphatic carbocycles. The molecule has 0 atom stereocenters. The van der Waals surface area contributed by atoms with Crippen LogP contribution in [-0.4, -0.2) is 62.6 Å². The van der Waals surface area contributed by atoms with E-state index in [9.17, 15) is 0 Å². The van der Waals surface area contributed by atoms with Gasteiger partial charge in [-0.3, -0.25) is 0 Å². The van der Waals surface area contributed by atoms with Crippen molar-refractivity contribution in [3.05, 3.63) is 0 Å². The van der Waals surface area contributed by atoms with E-state index in [0.29, 0.717) is 0 Å². The van der Waals surface area contributed by atoms with Gasteiger partial charge in [0.25, 0.3) is 0 Å². The van der Waals surface area contributed by atoms with E-state index in [-0.39, 0.29) is 94.2 Å². The van der Waals surface area contributed by atoms with Gasteiger partial charge in [-0.2, -0.15) is 0 Å². The molecule has 0 amide bonds. The van der Waals surface area contributed by atoms with Crippen LogP contribution in [0.5, 0.6) is 0 Å². The third-order valence-corrected chi connectivity index (χ3v) is 0. The summed E-state index contributed by atoms with van der Waals surface area (Å²) in [6.07, 6.45) is -2.33. The molecule has 8 heteroatoms. The molecule has 0 spiro atoms. The van der Waals surface area contributed by atoms with Crippen LogP contribution in [0, 0.1) is 0 Å². The van der Waals surface area contributed by atoms with E-state index < -0.39 is 6.16 Å². The van der Waals surface area contributed by atoms with Gasteiger partial charge in [0.2, 0.25) is 0 Å². The number of carbonyl (C=O) groups excluding carboxylic acids is 1. The van der Waals surface area contributed by atoms with E-state index in [1.807, 2.05) is 0 Å². The fraction of sp³-hybridized carbons (Fsp3) is 0. The maximum atomic E-state index is 8.33. The molecular weight excluding hydrogens is 194 g/mol. The first-order valence-corrected chi connectivity index (χ1v) is 0.612. The molecule has 0 unspecified atom stereocenters. The fourth-order valence-corrected chi connectivity index (χ4v) is 0. The molecule has 0 rings (SSSR count). The molecule has 0 bridgehead atoms. The predicted molar refractivity (Wildman–Crippen MR) is 15.0 cm³/mol. The number of carbonyl (C=O) groups is 1. The molecule has 0 aromatic heterocycles. The molecule has 9 heavy (non-hydrogen) atoms. The van der Waals surface area contributed by atoms with Crippen molar-refractivity contribution in [3.8, 4) is 0 Å². The van der Waals surface area contributed by atoms with Crippen LogP contribution < -0.4 is 47.9 Å². The second-order valence-corrected chi connectivity index (χ2v) is 0.250. The summed E-state index contributed by atoms with van der Waals surface area (Å²) in [4.78, 5) is 8.33. The van der Waals surface area contributed by atoms with Gasteiger partial charge in [-0.05, 0) is 6.16 Å². The largest absolute Gasteiger partial charge is 2.00 e. The Kier molecular flexibility index (Phi) is 163. The van der Waals surface area contributed by atoms with E-state index in [1.54, 1.807) is 0 Å². The van der Waals surface area contributed by atoms with Crippen molar-refractivity contribution in [1.82, 2.24) is 0 Å². The molecule has 0 radical (unpaired) electrons. The topological polar surface area (TPSA) is 123 Å². The minimum atomic E-state index is -2.33. The summed E-state index contributed by atoms with van der Waals surface area (Å²) in [7, 11) is 0. The summed E-state index contributed by atoms with van der Waals surface area (Å²) < 4.78 is 0. The second kappa shape index (κ2) is 32.8. The van der Waals surface area contributed by atoms with Gasteiger partial charge in [0.15, 0.2) is 0 Å². The SMILES string of the molecule is O=C([O-])[O-].[Li+].[Li+].[OH-].[OH-].[Sr+2]. The predicted octanol–water partition coefficient (Wildman–Crippen LogP) is -9.17. The maximum Gasteiger partial charge on any atom is 2.00 e. The number of hydrogen-bond acceptors (Lipinski definition) is 5. The van der Waals surface area contributed by atoms with E-state index in [0.717, 1.165) is 0 Å². The molecule has 0 saturated heterocycles. The van der Waals surface area contributed by atoms with Crippen LogP contribution in [0.4, 0.5) is 4.79 Å². The van der Waals surface area contributed by atoms with Crippen molar-refractivity contribution in [2.75, 3.05) is 0 Å². The van der Waals surface area contributed by atoms with E-state index in [2.05, 4.69) is 0 Å². The van der Waals surface area contributed by atoms with Crippen molar-refractivity contribution < 1.29 is 63.7 Å². The van der Waals surface area contributed by atoms with Gasteiger partial charge >= 0.3 is 83.2 Å². The summed E-state index contributed by atoms with van der Waals surface area (Å²) in [6, 6.07) is 0. The first-order chi connectivity index (χ1) is 1.73. The van der Waals surface area contributed by atoms with Crippen molar-refractivity contribution >= 4 is 51.6 Å². The van der Waals surface area contributed by atoms with Crippen LogP contribution in [0.1, 0.15) is 0 Å². The molecule has 0 fully saturated rings. The Morgan fingerprint density at radius 2 is 1.00 bits per heavy atom. The first-order valence-electron chi connectivity index (χ1n) is 0.612. The van der Waals surface area contributed by atoms with Gasteiger partial charge in [-0.1, -0.05) is 0 Å². The van der Waals surface area contributed by atoms with Crippen molar-refractivity contribution in [3.63, 3.8) is 0 Å². The second-order valence-electron chi connectivity index (χ2n) is 0.250. The van der Waals surface area contributed by atoms with Gasteiger partial charge in [0.05, 0.1) is 0 Å². The molecule has 0 aromatic rings. The minimum absolute atomic E-state index is 0. The summed E-state index contributed by atoms with van der Waals surface area (Å²) in [5, 5.41) is 16.7. The Balaban J connectivity index is -0.00000000450. The molecule has 40 valence electrons. The zero-order chi connectivity index (χ0) is 3.58. The Labute approximate surface area is 113 Å².